The van der Waals surface area contributed by atoms with Crippen molar-refractivity contribution >= 4 is 17.1 Å². The maximum absolute atomic E-state index is 12.9. The summed E-state index contributed by atoms with van der Waals surface area (Å²) in [5, 5.41) is 4.15. The first kappa shape index (κ1) is 13.3. The van der Waals surface area contributed by atoms with Gasteiger partial charge in [-0.25, -0.2) is 0 Å². The topological polar surface area (TPSA) is 29.5 Å². The van der Waals surface area contributed by atoms with E-state index in [4.69, 9.17) is 4.74 Å². The van der Waals surface area contributed by atoms with Crippen molar-refractivity contribution in [1.29, 1.82) is 0 Å². The monoisotopic (exact) mass is 279 g/mol. The Morgan fingerprint density at radius 1 is 1.32 bits per heavy atom. The SMILES string of the molecule is O=C(Cc1ccsc1)C1(N2CCOCC2)CCCC1. The lowest BCUT2D eigenvalue weighted by molar-refractivity contribution is -0.133. The second-order valence-corrected chi connectivity index (χ2v) is 6.35. The molecule has 3 rings (SSSR count). The molecule has 3 nitrogen and oxygen atoms in total. The summed E-state index contributed by atoms with van der Waals surface area (Å²) in [6.07, 6.45) is 5.05. The van der Waals surface area contributed by atoms with Gasteiger partial charge in [0.15, 0.2) is 5.78 Å². The highest BCUT2D eigenvalue weighted by molar-refractivity contribution is 7.08. The van der Waals surface area contributed by atoms with Crippen molar-refractivity contribution in [3.63, 3.8) is 0 Å². The molecule has 19 heavy (non-hydrogen) atoms. The Morgan fingerprint density at radius 2 is 2.05 bits per heavy atom. The van der Waals surface area contributed by atoms with Crippen molar-refractivity contribution in [3.05, 3.63) is 22.4 Å². The van der Waals surface area contributed by atoms with Crippen molar-refractivity contribution in [1.82, 2.24) is 4.90 Å². The molecule has 0 radical (unpaired) electrons. The predicted molar refractivity (Wildman–Crippen MR) is 76.6 cm³/mol. The van der Waals surface area contributed by atoms with E-state index in [2.05, 4.69) is 21.7 Å². The Balaban J connectivity index is 1.77. The van der Waals surface area contributed by atoms with Crippen LogP contribution < -0.4 is 0 Å². The second kappa shape index (κ2) is 5.73. The summed E-state index contributed by atoms with van der Waals surface area (Å²) < 4.78 is 5.44. The fourth-order valence-corrected chi connectivity index (χ4v) is 4.13. The van der Waals surface area contributed by atoms with Crippen LogP contribution in [0.2, 0.25) is 0 Å². The van der Waals surface area contributed by atoms with Gasteiger partial charge in [-0.15, -0.1) is 0 Å². The van der Waals surface area contributed by atoms with E-state index in [0.29, 0.717) is 12.2 Å². The van der Waals surface area contributed by atoms with Crippen LogP contribution in [0.25, 0.3) is 0 Å². The highest BCUT2D eigenvalue weighted by Gasteiger charge is 2.45. The van der Waals surface area contributed by atoms with Crippen molar-refractivity contribution in [2.45, 2.75) is 37.6 Å². The number of Topliss-reactive ketones (excluding diaryl/α,β-unsaturated/α-hetero) is 1. The van der Waals surface area contributed by atoms with Crippen LogP contribution in [-0.2, 0) is 16.0 Å². The standard InChI is InChI=1S/C15H21NO2S/c17-14(11-13-3-10-19-12-13)15(4-1-2-5-15)16-6-8-18-9-7-16/h3,10,12H,1-2,4-9,11H2. The lowest BCUT2D eigenvalue weighted by Crippen LogP contribution is -2.57. The highest BCUT2D eigenvalue weighted by atomic mass is 32.1. The molecule has 104 valence electrons. The fraction of sp³-hybridized carbons (Fsp3) is 0.667. The van der Waals surface area contributed by atoms with Crippen molar-refractivity contribution in [3.8, 4) is 0 Å². The maximum atomic E-state index is 12.9. The number of carbonyl (C=O) groups is 1. The van der Waals surface area contributed by atoms with E-state index in [1.807, 2.05) is 0 Å². The van der Waals surface area contributed by atoms with Crippen molar-refractivity contribution < 1.29 is 9.53 Å². The largest absolute Gasteiger partial charge is 0.379 e. The molecular formula is C15H21NO2S. The summed E-state index contributed by atoms with van der Waals surface area (Å²) >= 11 is 1.67. The van der Waals surface area contributed by atoms with Crippen LogP contribution in [0, 0.1) is 0 Å². The third kappa shape index (κ3) is 2.62. The molecule has 2 heterocycles. The van der Waals surface area contributed by atoms with E-state index < -0.39 is 0 Å². The number of ether oxygens (including phenoxy) is 1. The number of hydrogen-bond acceptors (Lipinski definition) is 4. The Hall–Kier alpha value is -0.710. The van der Waals surface area contributed by atoms with Crippen LogP contribution in [-0.4, -0.2) is 42.5 Å². The molecule has 1 aromatic heterocycles. The normalized spacial score (nSPS) is 23.6. The van der Waals surface area contributed by atoms with Crippen LogP contribution in [0.5, 0.6) is 0 Å². The average Bonchev–Trinajstić information content (AvgIpc) is 3.11. The maximum Gasteiger partial charge on any atom is 0.157 e. The summed E-state index contributed by atoms with van der Waals surface area (Å²) in [6, 6.07) is 2.07. The Labute approximate surface area is 118 Å². The van der Waals surface area contributed by atoms with Gasteiger partial charge in [-0.3, -0.25) is 9.69 Å². The first-order chi connectivity index (χ1) is 9.31. The first-order valence-corrected chi connectivity index (χ1v) is 8.13. The minimum absolute atomic E-state index is 0.189. The molecule has 0 atom stereocenters. The molecule has 1 aromatic rings. The van der Waals surface area contributed by atoms with E-state index >= 15 is 0 Å². The zero-order valence-corrected chi connectivity index (χ0v) is 12.1. The molecule has 1 aliphatic heterocycles. The molecule has 0 N–H and O–H groups in total. The highest BCUT2D eigenvalue weighted by Crippen LogP contribution is 2.37. The van der Waals surface area contributed by atoms with Gasteiger partial charge in [0.05, 0.1) is 18.8 Å². The summed E-state index contributed by atoms with van der Waals surface area (Å²) in [5.41, 5.74) is 0.987. The first-order valence-electron chi connectivity index (χ1n) is 7.18. The van der Waals surface area contributed by atoms with Gasteiger partial charge < -0.3 is 4.74 Å². The molecule has 1 saturated heterocycles. The van der Waals surface area contributed by atoms with Gasteiger partial charge in [0.25, 0.3) is 0 Å². The lowest BCUT2D eigenvalue weighted by atomic mass is 9.86. The summed E-state index contributed by atoms with van der Waals surface area (Å²) in [5.74, 6) is 0.422. The van der Waals surface area contributed by atoms with E-state index in [-0.39, 0.29) is 5.54 Å². The van der Waals surface area contributed by atoms with Crippen LogP contribution >= 0.6 is 11.3 Å². The van der Waals surface area contributed by atoms with Crippen LogP contribution in [0.3, 0.4) is 0 Å². The number of hydrogen-bond donors (Lipinski definition) is 0. The van der Waals surface area contributed by atoms with Gasteiger partial charge >= 0.3 is 0 Å². The number of ketones is 1. The molecule has 0 aromatic carbocycles. The fourth-order valence-electron chi connectivity index (χ4n) is 3.47. The molecule has 2 fully saturated rings. The molecule has 4 heteroatoms. The molecular weight excluding hydrogens is 258 g/mol. The number of carbonyl (C=O) groups excluding carboxylic acids is 1. The van der Waals surface area contributed by atoms with Gasteiger partial charge in [0, 0.05) is 19.5 Å². The molecule has 0 unspecified atom stereocenters. The molecule has 0 spiro atoms. The minimum Gasteiger partial charge on any atom is -0.379 e. The van der Waals surface area contributed by atoms with Crippen molar-refractivity contribution in [2.75, 3.05) is 26.3 Å². The van der Waals surface area contributed by atoms with Crippen LogP contribution in [0.15, 0.2) is 16.8 Å². The average molecular weight is 279 g/mol. The molecule has 1 saturated carbocycles. The Morgan fingerprint density at radius 3 is 2.68 bits per heavy atom. The smallest absolute Gasteiger partial charge is 0.157 e. The zero-order valence-electron chi connectivity index (χ0n) is 11.3. The van der Waals surface area contributed by atoms with Crippen LogP contribution in [0.4, 0.5) is 0 Å². The summed E-state index contributed by atoms with van der Waals surface area (Å²) in [6.45, 7) is 3.37. The lowest BCUT2D eigenvalue weighted by Gasteiger charge is -2.42. The third-order valence-corrected chi connectivity index (χ3v) is 5.24. The van der Waals surface area contributed by atoms with Crippen LogP contribution in [0.1, 0.15) is 31.2 Å². The molecule has 0 bridgehead atoms. The van der Waals surface area contributed by atoms with Gasteiger partial charge in [-0.05, 0) is 35.2 Å². The summed E-state index contributed by atoms with van der Waals surface area (Å²) in [4.78, 5) is 15.3. The van der Waals surface area contributed by atoms with E-state index in [1.165, 1.54) is 18.4 Å². The number of nitrogens with zero attached hydrogens (tertiary/aromatic N) is 1. The van der Waals surface area contributed by atoms with E-state index in [9.17, 15) is 4.79 Å². The summed E-state index contributed by atoms with van der Waals surface area (Å²) in [7, 11) is 0. The number of morpholine rings is 1. The Bertz CT molecular complexity index is 417. The minimum atomic E-state index is -0.189. The molecule has 1 aliphatic carbocycles. The quantitative estimate of drug-likeness (QED) is 0.848. The predicted octanol–water partition coefficient (Wildman–Crippen LogP) is 2.50. The van der Waals surface area contributed by atoms with Crippen molar-refractivity contribution in [2.24, 2.45) is 0 Å². The Kier molecular flexibility index (Phi) is 4.01. The van der Waals surface area contributed by atoms with E-state index in [0.717, 1.165) is 39.1 Å². The number of rotatable bonds is 4. The molecule has 0 amide bonds. The van der Waals surface area contributed by atoms with E-state index in [1.54, 1.807) is 11.3 Å². The van der Waals surface area contributed by atoms with Gasteiger partial charge in [-0.2, -0.15) is 11.3 Å². The van der Waals surface area contributed by atoms with Gasteiger partial charge in [0.1, 0.15) is 0 Å². The zero-order chi connectivity index (χ0) is 13.1. The van der Waals surface area contributed by atoms with Gasteiger partial charge in [-0.1, -0.05) is 12.8 Å². The van der Waals surface area contributed by atoms with Gasteiger partial charge in [0.2, 0.25) is 0 Å². The molecule has 2 aliphatic rings. The third-order valence-electron chi connectivity index (χ3n) is 4.51. The number of thiophene rings is 1. The second-order valence-electron chi connectivity index (χ2n) is 5.57.